The van der Waals surface area contributed by atoms with Gasteiger partial charge in [0.25, 0.3) is 0 Å². The molecule has 19 heavy (non-hydrogen) atoms. The van der Waals surface area contributed by atoms with Crippen LogP contribution in [0.5, 0.6) is 11.8 Å². The Kier molecular flexibility index (Phi) is 3.62. The topological polar surface area (TPSA) is 52.8 Å². The highest BCUT2D eigenvalue weighted by Gasteiger charge is 2.19. The first-order valence-corrected chi connectivity index (χ1v) is 6.78. The summed E-state index contributed by atoms with van der Waals surface area (Å²) < 4.78 is 8.16. The lowest BCUT2D eigenvalue weighted by Crippen LogP contribution is -2.16. The average Bonchev–Trinajstić information content (AvgIpc) is 2.55. The molecule has 0 fully saturated rings. The number of hydrogen-bond acceptors (Lipinski definition) is 4. The Morgan fingerprint density at radius 2 is 1.89 bits per heavy atom. The van der Waals surface area contributed by atoms with E-state index in [-0.39, 0.29) is 5.41 Å². The number of aryl methyl sites for hydroxylation is 2. The summed E-state index contributed by atoms with van der Waals surface area (Å²) in [5.41, 5.74) is 0.770. The Labute approximate surface area is 121 Å². The highest BCUT2D eigenvalue weighted by Crippen LogP contribution is 2.26. The van der Waals surface area contributed by atoms with E-state index in [2.05, 4.69) is 51.8 Å². The van der Waals surface area contributed by atoms with Crippen LogP contribution in [0.15, 0.2) is 16.7 Å². The summed E-state index contributed by atoms with van der Waals surface area (Å²) in [6, 6.07) is 3.62. The average molecular weight is 325 g/mol. The van der Waals surface area contributed by atoms with Crippen molar-refractivity contribution in [3.63, 3.8) is 0 Å². The third-order valence-electron chi connectivity index (χ3n) is 2.51. The van der Waals surface area contributed by atoms with E-state index in [0.717, 1.165) is 11.5 Å². The van der Waals surface area contributed by atoms with Gasteiger partial charge in [-0.05, 0) is 22.9 Å². The van der Waals surface area contributed by atoms with Crippen molar-refractivity contribution in [1.29, 1.82) is 0 Å². The summed E-state index contributed by atoms with van der Waals surface area (Å²) in [6.07, 6.45) is 0. The summed E-state index contributed by atoms with van der Waals surface area (Å²) in [5.74, 6) is 1.90. The lowest BCUT2D eigenvalue weighted by atomic mass is 9.96. The lowest BCUT2D eigenvalue weighted by Gasteiger charge is -2.17. The fourth-order valence-corrected chi connectivity index (χ4v) is 1.94. The van der Waals surface area contributed by atoms with Gasteiger partial charge in [0.1, 0.15) is 10.4 Å². The van der Waals surface area contributed by atoms with Gasteiger partial charge in [0.2, 0.25) is 11.8 Å². The molecule has 2 heterocycles. The molecular weight excluding hydrogens is 308 g/mol. The minimum Gasteiger partial charge on any atom is -0.421 e. The van der Waals surface area contributed by atoms with E-state index < -0.39 is 0 Å². The van der Waals surface area contributed by atoms with E-state index in [1.165, 1.54) is 0 Å². The van der Waals surface area contributed by atoms with Gasteiger partial charge in [0, 0.05) is 24.6 Å². The van der Waals surface area contributed by atoms with E-state index >= 15 is 0 Å². The van der Waals surface area contributed by atoms with E-state index in [9.17, 15) is 0 Å². The quantitative estimate of drug-likeness (QED) is 0.795. The minimum absolute atomic E-state index is 0.135. The van der Waals surface area contributed by atoms with Crippen molar-refractivity contribution in [3.05, 3.63) is 28.3 Å². The number of nitrogens with zero attached hydrogens (tertiary/aromatic N) is 4. The fourth-order valence-electron chi connectivity index (χ4n) is 1.57. The molecule has 2 rings (SSSR count). The summed E-state index contributed by atoms with van der Waals surface area (Å²) >= 11 is 3.39. The smallest absolute Gasteiger partial charge is 0.225 e. The second kappa shape index (κ2) is 4.92. The van der Waals surface area contributed by atoms with Crippen LogP contribution in [0.3, 0.4) is 0 Å². The Morgan fingerprint density at radius 3 is 2.42 bits per heavy atom. The Balaban J connectivity index is 2.35. The predicted molar refractivity (Wildman–Crippen MR) is 76.5 cm³/mol. The molecule has 2 aromatic rings. The summed E-state index contributed by atoms with van der Waals surface area (Å²) in [5, 5.41) is 4.24. The van der Waals surface area contributed by atoms with Crippen LogP contribution < -0.4 is 4.74 Å². The van der Waals surface area contributed by atoms with Crippen LogP contribution in [0.4, 0.5) is 0 Å². The van der Waals surface area contributed by atoms with Crippen LogP contribution in [0.2, 0.25) is 0 Å². The van der Waals surface area contributed by atoms with Gasteiger partial charge < -0.3 is 4.74 Å². The van der Waals surface area contributed by atoms with Gasteiger partial charge in [-0.25, -0.2) is 9.67 Å². The van der Waals surface area contributed by atoms with Gasteiger partial charge in [-0.1, -0.05) is 20.8 Å². The van der Waals surface area contributed by atoms with E-state index in [4.69, 9.17) is 4.74 Å². The molecule has 0 N–H and O–H groups in total. The number of hydrogen-bond donors (Lipinski definition) is 0. The molecule has 102 valence electrons. The first-order valence-electron chi connectivity index (χ1n) is 5.99. The van der Waals surface area contributed by atoms with Crippen LogP contribution in [0.1, 0.15) is 32.3 Å². The molecule has 0 unspecified atom stereocenters. The molecule has 0 amide bonds. The van der Waals surface area contributed by atoms with E-state index in [1.54, 1.807) is 10.7 Å². The molecule has 0 bridgehead atoms. The fraction of sp³-hybridized carbons (Fsp3) is 0.462. The molecule has 0 spiro atoms. The van der Waals surface area contributed by atoms with Crippen molar-refractivity contribution in [2.75, 3.05) is 0 Å². The lowest BCUT2D eigenvalue weighted by molar-refractivity contribution is 0.405. The summed E-state index contributed by atoms with van der Waals surface area (Å²) in [6.45, 7) is 8.11. The predicted octanol–water partition coefficient (Wildman–Crippen LogP) is 3.37. The normalized spacial score (nSPS) is 11.7. The van der Waals surface area contributed by atoms with Crippen LogP contribution in [0, 0.1) is 6.92 Å². The number of halogens is 1. The maximum atomic E-state index is 5.77. The van der Waals surface area contributed by atoms with Gasteiger partial charge in [-0.3, -0.25) is 0 Å². The molecule has 0 radical (unpaired) electrons. The van der Waals surface area contributed by atoms with Gasteiger partial charge >= 0.3 is 0 Å². The summed E-state index contributed by atoms with van der Waals surface area (Å²) in [4.78, 5) is 8.82. The molecule has 0 saturated heterocycles. The highest BCUT2D eigenvalue weighted by molar-refractivity contribution is 9.10. The zero-order chi connectivity index (χ0) is 14.2. The Hall–Kier alpha value is -1.43. The third kappa shape index (κ3) is 3.32. The first kappa shape index (κ1) is 14.0. The highest BCUT2D eigenvalue weighted by atomic mass is 79.9. The van der Waals surface area contributed by atoms with Crippen molar-refractivity contribution in [2.45, 2.75) is 33.1 Å². The number of aromatic nitrogens is 4. The van der Waals surface area contributed by atoms with Crippen molar-refractivity contribution in [2.24, 2.45) is 7.05 Å². The summed E-state index contributed by atoms with van der Waals surface area (Å²) in [7, 11) is 1.84. The molecule has 5 nitrogen and oxygen atoms in total. The number of ether oxygens (including phenoxy) is 1. The standard InChI is InChI=1S/C13H17BrN4O/c1-8-6-11(18(5)17-8)19-10-7-9(14)15-12(16-10)13(2,3)4/h6-7H,1-5H3. The minimum atomic E-state index is -0.135. The molecule has 0 aliphatic heterocycles. The Morgan fingerprint density at radius 1 is 1.21 bits per heavy atom. The molecule has 0 aliphatic rings. The van der Waals surface area contributed by atoms with Crippen LogP contribution in [0.25, 0.3) is 0 Å². The number of rotatable bonds is 2. The van der Waals surface area contributed by atoms with Crippen LogP contribution in [-0.4, -0.2) is 19.7 Å². The molecule has 0 aromatic carbocycles. The van der Waals surface area contributed by atoms with Crippen molar-refractivity contribution < 1.29 is 4.74 Å². The SMILES string of the molecule is Cc1cc(Oc2cc(Br)nc(C(C)(C)C)n2)n(C)n1. The van der Waals surface area contributed by atoms with Crippen LogP contribution >= 0.6 is 15.9 Å². The molecule has 0 atom stereocenters. The first-order chi connectivity index (χ1) is 8.75. The molecule has 0 saturated carbocycles. The zero-order valence-corrected chi connectivity index (χ0v) is 13.3. The van der Waals surface area contributed by atoms with Gasteiger partial charge in [-0.15, -0.1) is 0 Å². The van der Waals surface area contributed by atoms with Crippen molar-refractivity contribution in [1.82, 2.24) is 19.7 Å². The monoisotopic (exact) mass is 324 g/mol. The molecular formula is C13H17BrN4O. The second-order valence-electron chi connectivity index (χ2n) is 5.45. The molecule has 0 aliphatic carbocycles. The molecule has 2 aromatic heterocycles. The van der Waals surface area contributed by atoms with E-state index in [0.29, 0.717) is 16.4 Å². The maximum Gasteiger partial charge on any atom is 0.225 e. The van der Waals surface area contributed by atoms with Crippen molar-refractivity contribution in [3.8, 4) is 11.8 Å². The van der Waals surface area contributed by atoms with Gasteiger partial charge in [0.05, 0.1) is 5.69 Å². The van der Waals surface area contributed by atoms with Crippen LogP contribution in [-0.2, 0) is 12.5 Å². The van der Waals surface area contributed by atoms with E-state index in [1.807, 2.05) is 20.0 Å². The largest absolute Gasteiger partial charge is 0.421 e. The van der Waals surface area contributed by atoms with Crippen molar-refractivity contribution >= 4 is 15.9 Å². The Bertz CT molecular complexity index is 601. The third-order valence-corrected chi connectivity index (χ3v) is 2.92. The van der Waals surface area contributed by atoms with Gasteiger partial charge in [-0.2, -0.15) is 10.1 Å². The maximum absolute atomic E-state index is 5.77. The second-order valence-corrected chi connectivity index (χ2v) is 6.26. The molecule has 6 heteroatoms. The van der Waals surface area contributed by atoms with Gasteiger partial charge in [0.15, 0.2) is 0 Å². The zero-order valence-electron chi connectivity index (χ0n) is 11.7.